The number of nitrogens with zero attached hydrogens (tertiary/aromatic N) is 1. The number of fused-ring (bicyclic) bond motifs is 1. The molecule has 0 amide bonds. The topological polar surface area (TPSA) is 64.1 Å². The highest BCUT2D eigenvalue weighted by Crippen LogP contribution is 2.29. The van der Waals surface area contributed by atoms with Crippen LogP contribution in [0, 0.1) is 0 Å². The minimum absolute atomic E-state index is 0.688. The van der Waals surface area contributed by atoms with E-state index in [1.165, 1.54) is 0 Å². The van der Waals surface area contributed by atoms with Crippen LogP contribution < -0.4 is 11.1 Å². The maximum Gasteiger partial charge on any atom is 0.0954 e. The fourth-order valence-corrected chi connectivity index (χ4v) is 2.28. The molecule has 0 spiro atoms. The standard InChI is InChI=1S/C14H12BrN3O/c15-10-5-11-12(16)1-2-13(14(11)18-7-10)17-6-9-3-4-19-8-9/h1-5,7-8,17H,6,16H2. The van der Waals surface area contributed by atoms with Crippen molar-refractivity contribution in [1.29, 1.82) is 0 Å². The number of benzene rings is 1. The van der Waals surface area contributed by atoms with E-state index in [9.17, 15) is 0 Å². The van der Waals surface area contributed by atoms with Crippen LogP contribution >= 0.6 is 15.9 Å². The number of pyridine rings is 1. The van der Waals surface area contributed by atoms with Gasteiger partial charge in [-0.1, -0.05) is 0 Å². The van der Waals surface area contributed by atoms with E-state index in [0.29, 0.717) is 6.54 Å². The van der Waals surface area contributed by atoms with Crippen LogP contribution in [0.4, 0.5) is 11.4 Å². The molecule has 0 aliphatic rings. The van der Waals surface area contributed by atoms with Gasteiger partial charge < -0.3 is 15.5 Å². The molecule has 0 bridgehead atoms. The minimum Gasteiger partial charge on any atom is -0.472 e. The van der Waals surface area contributed by atoms with Crippen molar-refractivity contribution in [1.82, 2.24) is 4.98 Å². The summed E-state index contributed by atoms with van der Waals surface area (Å²) in [5, 5.41) is 4.28. The van der Waals surface area contributed by atoms with Gasteiger partial charge in [0.15, 0.2) is 0 Å². The van der Waals surface area contributed by atoms with Gasteiger partial charge >= 0.3 is 0 Å². The zero-order valence-electron chi connectivity index (χ0n) is 10.1. The van der Waals surface area contributed by atoms with Gasteiger partial charge in [0.1, 0.15) is 0 Å². The highest BCUT2D eigenvalue weighted by atomic mass is 79.9. The number of nitrogens with one attached hydrogen (secondary N) is 1. The Hall–Kier alpha value is -2.01. The van der Waals surface area contributed by atoms with Gasteiger partial charge in [0.2, 0.25) is 0 Å². The van der Waals surface area contributed by atoms with Crippen LogP contribution in [0.5, 0.6) is 0 Å². The Morgan fingerprint density at radius 2 is 2.21 bits per heavy atom. The molecule has 2 heterocycles. The number of hydrogen-bond acceptors (Lipinski definition) is 4. The molecule has 5 heteroatoms. The normalized spacial score (nSPS) is 10.8. The van der Waals surface area contributed by atoms with Crippen LogP contribution in [0.15, 0.2) is 51.9 Å². The van der Waals surface area contributed by atoms with E-state index in [1.807, 2.05) is 24.3 Å². The molecule has 4 nitrogen and oxygen atoms in total. The van der Waals surface area contributed by atoms with E-state index in [1.54, 1.807) is 18.7 Å². The Morgan fingerprint density at radius 3 is 3.00 bits per heavy atom. The molecule has 0 aliphatic heterocycles. The van der Waals surface area contributed by atoms with E-state index in [2.05, 4.69) is 26.2 Å². The van der Waals surface area contributed by atoms with Crippen LogP contribution in [0.2, 0.25) is 0 Å². The fraction of sp³-hybridized carbons (Fsp3) is 0.0714. The van der Waals surface area contributed by atoms with Crippen LogP contribution in [0.25, 0.3) is 10.9 Å². The van der Waals surface area contributed by atoms with Crippen molar-refractivity contribution in [3.05, 3.63) is 53.0 Å². The summed E-state index contributed by atoms with van der Waals surface area (Å²) in [4.78, 5) is 4.43. The Morgan fingerprint density at radius 1 is 1.32 bits per heavy atom. The Balaban J connectivity index is 1.97. The first-order chi connectivity index (χ1) is 9.24. The summed E-state index contributed by atoms with van der Waals surface area (Å²) in [5.74, 6) is 0. The molecule has 96 valence electrons. The van der Waals surface area contributed by atoms with Crippen molar-refractivity contribution in [2.75, 3.05) is 11.1 Å². The molecule has 3 N–H and O–H groups in total. The first kappa shape index (κ1) is 12.0. The first-order valence-electron chi connectivity index (χ1n) is 5.83. The molecule has 3 rings (SSSR count). The molecule has 0 atom stereocenters. The van der Waals surface area contributed by atoms with E-state index in [-0.39, 0.29) is 0 Å². The van der Waals surface area contributed by atoms with Crippen LogP contribution in [-0.4, -0.2) is 4.98 Å². The molecular formula is C14H12BrN3O. The molecule has 0 saturated heterocycles. The van der Waals surface area contributed by atoms with Crippen LogP contribution in [-0.2, 0) is 6.54 Å². The number of furan rings is 1. The number of aromatic nitrogens is 1. The third kappa shape index (κ3) is 2.42. The monoisotopic (exact) mass is 317 g/mol. The summed E-state index contributed by atoms with van der Waals surface area (Å²) >= 11 is 3.41. The van der Waals surface area contributed by atoms with E-state index in [0.717, 1.165) is 32.3 Å². The Bertz CT molecular complexity index is 710. The molecule has 0 unspecified atom stereocenters. The number of hydrogen-bond donors (Lipinski definition) is 2. The van der Waals surface area contributed by atoms with Crippen LogP contribution in [0.1, 0.15) is 5.56 Å². The highest BCUT2D eigenvalue weighted by molar-refractivity contribution is 9.10. The number of nitrogens with two attached hydrogens (primary N) is 1. The summed E-state index contributed by atoms with van der Waals surface area (Å²) < 4.78 is 5.96. The average Bonchev–Trinajstić information content (AvgIpc) is 2.92. The number of rotatable bonds is 3. The molecule has 0 saturated carbocycles. The third-order valence-corrected chi connectivity index (χ3v) is 3.35. The Kier molecular flexibility index (Phi) is 3.13. The van der Waals surface area contributed by atoms with E-state index >= 15 is 0 Å². The lowest BCUT2D eigenvalue weighted by Gasteiger charge is -2.10. The summed E-state index contributed by atoms with van der Waals surface area (Å²) in [6.07, 6.45) is 5.15. The molecule has 2 aromatic heterocycles. The molecule has 3 aromatic rings. The van der Waals surface area contributed by atoms with Gasteiger partial charge in [0, 0.05) is 33.9 Å². The van der Waals surface area contributed by atoms with Crippen molar-refractivity contribution >= 4 is 38.2 Å². The minimum atomic E-state index is 0.688. The molecular weight excluding hydrogens is 306 g/mol. The van der Waals surface area contributed by atoms with Crippen molar-refractivity contribution in [3.63, 3.8) is 0 Å². The molecule has 19 heavy (non-hydrogen) atoms. The number of anilines is 2. The van der Waals surface area contributed by atoms with Gasteiger partial charge in [-0.25, -0.2) is 0 Å². The van der Waals surface area contributed by atoms with Crippen LogP contribution in [0.3, 0.4) is 0 Å². The quantitative estimate of drug-likeness (QED) is 0.721. The van der Waals surface area contributed by atoms with E-state index in [4.69, 9.17) is 10.2 Å². The predicted molar refractivity (Wildman–Crippen MR) is 79.9 cm³/mol. The predicted octanol–water partition coefficient (Wildman–Crippen LogP) is 3.78. The summed E-state index contributed by atoms with van der Waals surface area (Å²) in [7, 11) is 0. The van der Waals surface area contributed by atoms with Gasteiger partial charge in [0.25, 0.3) is 0 Å². The van der Waals surface area contributed by atoms with E-state index < -0.39 is 0 Å². The lowest BCUT2D eigenvalue weighted by Crippen LogP contribution is -2.00. The summed E-state index contributed by atoms with van der Waals surface area (Å²) in [6.45, 7) is 0.688. The SMILES string of the molecule is Nc1ccc(NCc2ccoc2)c2ncc(Br)cc12. The average molecular weight is 318 g/mol. The third-order valence-electron chi connectivity index (χ3n) is 2.91. The lowest BCUT2D eigenvalue weighted by molar-refractivity contribution is 0.564. The van der Waals surface area contributed by atoms with Gasteiger partial charge in [-0.05, 0) is 40.2 Å². The highest BCUT2D eigenvalue weighted by Gasteiger charge is 2.06. The lowest BCUT2D eigenvalue weighted by atomic mass is 10.1. The summed E-state index contributed by atoms with van der Waals surface area (Å²) in [5.41, 5.74) is 9.61. The van der Waals surface area contributed by atoms with Crippen molar-refractivity contribution in [2.45, 2.75) is 6.54 Å². The maximum atomic E-state index is 5.98. The number of halogens is 1. The van der Waals surface area contributed by atoms with Gasteiger partial charge in [-0.2, -0.15) is 0 Å². The molecule has 0 radical (unpaired) electrons. The van der Waals surface area contributed by atoms with Gasteiger partial charge in [-0.3, -0.25) is 4.98 Å². The second-order valence-electron chi connectivity index (χ2n) is 4.24. The second-order valence-corrected chi connectivity index (χ2v) is 5.15. The maximum absolute atomic E-state index is 5.98. The first-order valence-corrected chi connectivity index (χ1v) is 6.62. The zero-order chi connectivity index (χ0) is 13.2. The van der Waals surface area contributed by atoms with Crippen molar-refractivity contribution < 1.29 is 4.42 Å². The molecule has 0 fully saturated rings. The molecule has 1 aromatic carbocycles. The molecule has 0 aliphatic carbocycles. The zero-order valence-corrected chi connectivity index (χ0v) is 11.6. The fourth-order valence-electron chi connectivity index (χ4n) is 1.95. The largest absolute Gasteiger partial charge is 0.472 e. The Labute approximate surface area is 118 Å². The van der Waals surface area contributed by atoms with Crippen molar-refractivity contribution in [2.24, 2.45) is 0 Å². The second kappa shape index (κ2) is 4.93. The smallest absolute Gasteiger partial charge is 0.0954 e. The number of nitrogen functional groups attached to an aromatic ring is 1. The van der Waals surface area contributed by atoms with Gasteiger partial charge in [-0.15, -0.1) is 0 Å². The summed E-state index contributed by atoms with van der Waals surface area (Å²) in [6, 6.07) is 7.73. The van der Waals surface area contributed by atoms with Gasteiger partial charge in [0.05, 0.1) is 23.7 Å². The van der Waals surface area contributed by atoms with Crippen molar-refractivity contribution in [3.8, 4) is 0 Å².